The van der Waals surface area contributed by atoms with Crippen molar-refractivity contribution in [1.29, 1.82) is 0 Å². The van der Waals surface area contributed by atoms with E-state index >= 15 is 0 Å². The fourth-order valence-corrected chi connectivity index (χ4v) is 1.56. The molecule has 0 fully saturated rings. The molecule has 0 atom stereocenters. The minimum Gasteiger partial charge on any atom is -0.351 e. The number of alkyl halides is 1. The van der Waals surface area contributed by atoms with Gasteiger partial charge in [0.25, 0.3) is 0 Å². The van der Waals surface area contributed by atoms with Gasteiger partial charge in [0.15, 0.2) is 0 Å². The maximum atomic E-state index is 11.3. The molecule has 5 nitrogen and oxygen atoms in total. The highest BCUT2D eigenvalue weighted by molar-refractivity contribution is 7.90. The minimum atomic E-state index is -3.42. The number of rotatable bonds is 5. The Balaban J connectivity index is 3.84. The van der Waals surface area contributed by atoms with Crippen molar-refractivity contribution in [2.24, 2.45) is 0 Å². The first-order valence-electron chi connectivity index (χ1n) is 4.50. The largest absolute Gasteiger partial charge is 0.351 e. The third kappa shape index (κ3) is 8.65. The Kier molecular flexibility index (Phi) is 5.55. The lowest BCUT2D eigenvalue weighted by atomic mass is 10.1. The zero-order valence-corrected chi connectivity index (χ0v) is 10.7. The highest BCUT2D eigenvalue weighted by Gasteiger charge is 2.14. The van der Waals surface area contributed by atoms with Gasteiger partial charge in [-0.3, -0.25) is 4.79 Å². The Labute approximate surface area is 95.6 Å². The molecule has 0 aromatic heterocycles. The number of nitrogens with one attached hydrogen (secondary N) is 2. The van der Waals surface area contributed by atoms with Crippen molar-refractivity contribution >= 4 is 27.5 Å². The fraction of sp³-hybridized carbons (Fsp3) is 0.875. The summed E-state index contributed by atoms with van der Waals surface area (Å²) in [7, 11) is -3.42. The zero-order valence-electron chi connectivity index (χ0n) is 9.13. The first-order valence-corrected chi connectivity index (χ1v) is 6.69. The SMILES string of the molecule is CC(C)(C)NC(=O)CCNS(=O)(=O)CCl. The molecular weight excluding hydrogens is 240 g/mol. The number of hydrogen-bond donors (Lipinski definition) is 2. The molecule has 0 spiro atoms. The Bertz CT molecular complexity index is 308. The van der Waals surface area contributed by atoms with Crippen molar-refractivity contribution < 1.29 is 13.2 Å². The normalized spacial score (nSPS) is 12.5. The van der Waals surface area contributed by atoms with Crippen LogP contribution in [-0.2, 0) is 14.8 Å². The molecule has 0 aromatic carbocycles. The second-order valence-electron chi connectivity index (χ2n) is 4.17. The standard InChI is InChI=1S/C8H17ClN2O3S/c1-8(2,3)11-7(12)4-5-10-15(13,14)6-9/h10H,4-6H2,1-3H3,(H,11,12). The van der Waals surface area contributed by atoms with Gasteiger partial charge in [-0.05, 0) is 20.8 Å². The molecule has 0 aliphatic rings. The molecule has 0 radical (unpaired) electrons. The Hall–Kier alpha value is -0.330. The average molecular weight is 257 g/mol. The summed E-state index contributed by atoms with van der Waals surface area (Å²) in [5.41, 5.74) is -0.303. The molecule has 0 aliphatic heterocycles. The van der Waals surface area contributed by atoms with E-state index < -0.39 is 15.2 Å². The van der Waals surface area contributed by atoms with Crippen LogP contribution in [0.15, 0.2) is 0 Å². The fourth-order valence-electron chi connectivity index (χ4n) is 0.839. The molecule has 0 aromatic rings. The first kappa shape index (κ1) is 14.7. The molecule has 7 heteroatoms. The van der Waals surface area contributed by atoms with Gasteiger partial charge in [0.1, 0.15) is 5.21 Å². The maximum Gasteiger partial charge on any atom is 0.225 e. The van der Waals surface area contributed by atoms with E-state index in [1.807, 2.05) is 20.8 Å². The highest BCUT2D eigenvalue weighted by Crippen LogP contribution is 1.98. The molecule has 0 rings (SSSR count). The van der Waals surface area contributed by atoms with Crippen LogP contribution in [0.4, 0.5) is 0 Å². The van der Waals surface area contributed by atoms with Crippen LogP contribution in [0.5, 0.6) is 0 Å². The first-order chi connectivity index (χ1) is 6.66. The maximum absolute atomic E-state index is 11.3. The summed E-state index contributed by atoms with van der Waals surface area (Å²) in [5.74, 6) is -0.195. The number of amides is 1. The van der Waals surface area contributed by atoms with Gasteiger partial charge in [-0.1, -0.05) is 0 Å². The van der Waals surface area contributed by atoms with Crippen LogP contribution >= 0.6 is 11.6 Å². The van der Waals surface area contributed by atoms with Gasteiger partial charge in [-0.15, -0.1) is 11.6 Å². The highest BCUT2D eigenvalue weighted by atomic mass is 35.5. The van der Waals surface area contributed by atoms with Gasteiger partial charge in [-0.25, -0.2) is 13.1 Å². The van der Waals surface area contributed by atoms with Gasteiger partial charge in [0.2, 0.25) is 15.9 Å². The van der Waals surface area contributed by atoms with E-state index in [2.05, 4.69) is 10.0 Å². The zero-order chi connectivity index (χ0) is 12.1. The van der Waals surface area contributed by atoms with Crippen LogP contribution in [-0.4, -0.2) is 31.6 Å². The van der Waals surface area contributed by atoms with Crippen LogP contribution in [0.1, 0.15) is 27.2 Å². The molecule has 15 heavy (non-hydrogen) atoms. The molecule has 1 amide bonds. The van der Waals surface area contributed by atoms with Crippen molar-refractivity contribution in [3.63, 3.8) is 0 Å². The lowest BCUT2D eigenvalue weighted by Gasteiger charge is -2.20. The molecule has 2 N–H and O–H groups in total. The molecule has 0 saturated heterocycles. The van der Waals surface area contributed by atoms with Crippen molar-refractivity contribution in [3.05, 3.63) is 0 Å². The summed E-state index contributed by atoms with van der Waals surface area (Å²) >= 11 is 5.16. The monoisotopic (exact) mass is 256 g/mol. The van der Waals surface area contributed by atoms with Crippen LogP contribution < -0.4 is 10.0 Å². The van der Waals surface area contributed by atoms with E-state index in [0.29, 0.717) is 0 Å². The van der Waals surface area contributed by atoms with Crippen molar-refractivity contribution in [2.45, 2.75) is 32.7 Å². The molecule has 90 valence electrons. The Morgan fingerprint density at radius 1 is 1.33 bits per heavy atom. The van der Waals surface area contributed by atoms with Crippen LogP contribution in [0.3, 0.4) is 0 Å². The summed E-state index contributed by atoms with van der Waals surface area (Å²) < 4.78 is 24.0. The summed E-state index contributed by atoms with van der Waals surface area (Å²) in [6.45, 7) is 5.63. The molecule has 0 heterocycles. The smallest absolute Gasteiger partial charge is 0.225 e. The summed E-state index contributed by atoms with van der Waals surface area (Å²) in [4.78, 5) is 11.3. The molecular formula is C8H17ClN2O3S. The van der Waals surface area contributed by atoms with Crippen molar-refractivity contribution in [3.8, 4) is 0 Å². The van der Waals surface area contributed by atoms with Gasteiger partial charge in [-0.2, -0.15) is 0 Å². The number of carbonyl (C=O) groups excluding carboxylic acids is 1. The molecule has 0 bridgehead atoms. The molecule has 0 unspecified atom stereocenters. The third-order valence-corrected chi connectivity index (χ3v) is 3.13. The lowest BCUT2D eigenvalue weighted by Crippen LogP contribution is -2.42. The Morgan fingerprint density at radius 3 is 2.27 bits per heavy atom. The Morgan fingerprint density at radius 2 is 1.87 bits per heavy atom. The van der Waals surface area contributed by atoms with Gasteiger partial charge in [0.05, 0.1) is 0 Å². The van der Waals surface area contributed by atoms with Gasteiger partial charge >= 0.3 is 0 Å². The van der Waals surface area contributed by atoms with E-state index in [1.54, 1.807) is 0 Å². The van der Waals surface area contributed by atoms with Gasteiger partial charge < -0.3 is 5.32 Å². The number of halogens is 1. The lowest BCUT2D eigenvalue weighted by molar-refractivity contribution is -0.122. The topological polar surface area (TPSA) is 75.3 Å². The van der Waals surface area contributed by atoms with Gasteiger partial charge in [0, 0.05) is 18.5 Å². The minimum absolute atomic E-state index is 0.0664. The van der Waals surface area contributed by atoms with E-state index in [-0.39, 0.29) is 24.4 Å². The quantitative estimate of drug-likeness (QED) is 0.700. The predicted molar refractivity (Wildman–Crippen MR) is 60.2 cm³/mol. The van der Waals surface area contributed by atoms with Crippen LogP contribution in [0.2, 0.25) is 0 Å². The predicted octanol–water partition coefficient (Wildman–Crippen LogP) is 0.407. The van der Waals surface area contributed by atoms with E-state index in [4.69, 9.17) is 11.6 Å². The van der Waals surface area contributed by atoms with Crippen molar-refractivity contribution in [1.82, 2.24) is 10.0 Å². The van der Waals surface area contributed by atoms with E-state index in [9.17, 15) is 13.2 Å². The summed E-state index contributed by atoms with van der Waals surface area (Å²) in [6, 6.07) is 0. The number of hydrogen-bond acceptors (Lipinski definition) is 3. The summed E-state index contributed by atoms with van der Waals surface area (Å²) in [5, 5.41) is 2.22. The van der Waals surface area contributed by atoms with E-state index in [1.165, 1.54) is 0 Å². The number of carbonyl (C=O) groups is 1. The van der Waals surface area contributed by atoms with Crippen LogP contribution in [0.25, 0.3) is 0 Å². The second kappa shape index (κ2) is 5.67. The third-order valence-electron chi connectivity index (χ3n) is 1.33. The second-order valence-corrected chi connectivity index (χ2v) is 6.56. The number of sulfonamides is 1. The van der Waals surface area contributed by atoms with Crippen molar-refractivity contribution in [2.75, 3.05) is 11.8 Å². The molecule has 0 aliphatic carbocycles. The average Bonchev–Trinajstić information content (AvgIpc) is 2.00. The van der Waals surface area contributed by atoms with Crippen LogP contribution in [0, 0.1) is 0 Å². The summed E-state index contributed by atoms with van der Waals surface area (Å²) in [6.07, 6.45) is 0.105. The molecule has 0 saturated carbocycles. The van der Waals surface area contributed by atoms with E-state index in [0.717, 1.165) is 0 Å².